The van der Waals surface area contributed by atoms with Crippen LogP contribution in [0.3, 0.4) is 0 Å². The molecule has 4 heterocycles. The molecular formula is C23H23F3N4O3. The van der Waals surface area contributed by atoms with Gasteiger partial charge >= 0.3 is 6.61 Å². The van der Waals surface area contributed by atoms with Crippen LogP contribution in [0.4, 0.5) is 18.9 Å². The molecule has 1 N–H and O–H groups in total. The molecule has 174 valence electrons. The second-order valence-electron chi connectivity index (χ2n) is 8.41. The fraction of sp³-hybridized carbons (Fsp3) is 0.391. The minimum Gasteiger partial charge on any atom is -0.435 e. The van der Waals surface area contributed by atoms with Crippen LogP contribution in [0, 0.1) is 5.82 Å². The highest BCUT2D eigenvalue weighted by Crippen LogP contribution is 2.40. The average molecular weight is 460 g/mol. The number of aromatic nitrogens is 2. The van der Waals surface area contributed by atoms with Crippen molar-refractivity contribution in [1.82, 2.24) is 14.5 Å². The lowest BCUT2D eigenvalue weighted by Gasteiger charge is -2.28. The van der Waals surface area contributed by atoms with Gasteiger partial charge in [0.1, 0.15) is 11.6 Å². The smallest absolute Gasteiger partial charge is 0.387 e. The van der Waals surface area contributed by atoms with Crippen molar-refractivity contribution >= 4 is 17.6 Å². The maximum atomic E-state index is 14.1. The highest BCUT2D eigenvalue weighted by molar-refractivity contribution is 5.66. The van der Waals surface area contributed by atoms with E-state index in [-0.39, 0.29) is 11.8 Å². The van der Waals surface area contributed by atoms with Crippen molar-refractivity contribution in [3.63, 3.8) is 0 Å². The predicted molar refractivity (Wildman–Crippen MR) is 114 cm³/mol. The number of carbonyl (C=O) groups is 1. The number of aliphatic hydroxyl groups is 1. The molecule has 0 spiro atoms. The number of anilines is 1. The van der Waals surface area contributed by atoms with Gasteiger partial charge in [-0.2, -0.15) is 13.9 Å². The van der Waals surface area contributed by atoms with Gasteiger partial charge in [-0.25, -0.2) is 8.91 Å². The summed E-state index contributed by atoms with van der Waals surface area (Å²) < 4.78 is 45.6. The first-order valence-electron chi connectivity index (χ1n) is 10.8. The van der Waals surface area contributed by atoms with Crippen LogP contribution in [-0.2, 0) is 4.79 Å². The van der Waals surface area contributed by atoms with E-state index in [0.717, 1.165) is 42.1 Å². The molecule has 0 bridgehead atoms. The number of amides is 1. The summed E-state index contributed by atoms with van der Waals surface area (Å²) in [5.41, 5.74) is 2.94. The number of ether oxygens (including phenoxy) is 1. The lowest BCUT2D eigenvalue weighted by atomic mass is 10.0. The molecule has 3 atom stereocenters. The van der Waals surface area contributed by atoms with Gasteiger partial charge in [-0.1, -0.05) is 0 Å². The summed E-state index contributed by atoms with van der Waals surface area (Å²) in [6.07, 6.45) is 5.61. The van der Waals surface area contributed by atoms with E-state index in [4.69, 9.17) is 0 Å². The number of hydrogen-bond acceptors (Lipinski definition) is 5. The maximum Gasteiger partial charge on any atom is 0.387 e. The van der Waals surface area contributed by atoms with Gasteiger partial charge < -0.3 is 19.6 Å². The van der Waals surface area contributed by atoms with Crippen LogP contribution in [-0.4, -0.2) is 51.8 Å². The molecule has 7 nitrogen and oxygen atoms in total. The number of halogens is 3. The standard InChI is InChI=1S/C23H23F3N4O3/c24-15-8-14(9-17(10-15)33-23(25)26)19-2-1-5-29(19)16-3-7-30-20(11-16)18(12-27-30)22-21(32)4-6-28(22)13-31/h3,7-13,19,21-23,32H,1-2,4-6H2/t19-,21+,22?/m1/s1. The summed E-state index contributed by atoms with van der Waals surface area (Å²) in [7, 11) is 0. The SMILES string of the molecule is O=CN1CC[C@H](O)C1c1cnn2ccc(N3CCC[C@@H]3c3cc(F)cc(OC(F)F)c3)cc12. The van der Waals surface area contributed by atoms with E-state index >= 15 is 0 Å². The Hall–Kier alpha value is -3.27. The van der Waals surface area contributed by atoms with Crippen molar-refractivity contribution in [1.29, 1.82) is 0 Å². The Bertz CT molecular complexity index is 1170. The van der Waals surface area contributed by atoms with Crippen molar-refractivity contribution in [2.45, 2.75) is 44.1 Å². The number of rotatable bonds is 6. The number of hydrogen-bond donors (Lipinski definition) is 1. The molecule has 0 aliphatic carbocycles. The molecule has 2 saturated heterocycles. The van der Waals surface area contributed by atoms with Crippen molar-refractivity contribution in [3.8, 4) is 5.75 Å². The summed E-state index contributed by atoms with van der Waals surface area (Å²) in [6.45, 7) is -1.85. The third-order valence-corrected chi connectivity index (χ3v) is 6.48. The Morgan fingerprint density at radius 2 is 2.03 bits per heavy atom. The molecule has 2 aliphatic heterocycles. The molecule has 1 amide bonds. The quantitative estimate of drug-likeness (QED) is 0.569. The number of benzene rings is 1. The van der Waals surface area contributed by atoms with Gasteiger partial charge in [-0.15, -0.1) is 0 Å². The first kappa shape index (κ1) is 21.6. The molecule has 10 heteroatoms. The molecular weight excluding hydrogens is 437 g/mol. The van der Waals surface area contributed by atoms with E-state index < -0.39 is 24.6 Å². The number of fused-ring (bicyclic) bond motifs is 1. The summed E-state index contributed by atoms with van der Waals surface area (Å²) in [5.74, 6) is -0.836. The third-order valence-electron chi connectivity index (χ3n) is 6.48. The van der Waals surface area contributed by atoms with Crippen LogP contribution in [0.25, 0.3) is 5.52 Å². The van der Waals surface area contributed by atoms with E-state index in [0.29, 0.717) is 25.1 Å². The minimum absolute atomic E-state index is 0.204. The molecule has 2 fully saturated rings. The second-order valence-corrected chi connectivity index (χ2v) is 8.41. The van der Waals surface area contributed by atoms with Crippen molar-refractivity contribution in [3.05, 3.63) is 59.7 Å². The van der Waals surface area contributed by atoms with E-state index in [1.54, 1.807) is 21.8 Å². The number of likely N-dealkylation sites (tertiary alicyclic amines) is 1. The lowest BCUT2D eigenvalue weighted by molar-refractivity contribution is -0.119. The van der Waals surface area contributed by atoms with Crippen LogP contribution in [0.2, 0.25) is 0 Å². The Balaban J connectivity index is 1.50. The third kappa shape index (κ3) is 3.99. The summed E-state index contributed by atoms with van der Waals surface area (Å²) in [4.78, 5) is 15.2. The summed E-state index contributed by atoms with van der Waals surface area (Å²) >= 11 is 0. The maximum absolute atomic E-state index is 14.1. The molecule has 1 unspecified atom stereocenters. The zero-order chi connectivity index (χ0) is 23.1. The lowest BCUT2D eigenvalue weighted by Crippen LogP contribution is -2.26. The molecule has 0 saturated carbocycles. The fourth-order valence-electron chi connectivity index (χ4n) is 5.07. The normalized spacial score (nSPS) is 23.1. The second kappa shape index (κ2) is 8.58. The number of alkyl halides is 2. The Morgan fingerprint density at radius 3 is 2.82 bits per heavy atom. The molecule has 2 aromatic heterocycles. The molecule has 3 aromatic rings. The van der Waals surface area contributed by atoms with Gasteiger partial charge in [-0.3, -0.25) is 4.79 Å². The van der Waals surface area contributed by atoms with E-state index in [1.165, 1.54) is 12.1 Å². The van der Waals surface area contributed by atoms with Crippen molar-refractivity contribution < 1.29 is 27.8 Å². The van der Waals surface area contributed by atoms with Crippen LogP contribution in [0.1, 0.15) is 42.5 Å². The zero-order valence-corrected chi connectivity index (χ0v) is 17.7. The zero-order valence-electron chi connectivity index (χ0n) is 17.7. The first-order valence-corrected chi connectivity index (χ1v) is 10.8. The number of aliphatic hydroxyl groups excluding tert-OH is 1. The van der Waals surface area contributed by atoms with Gasteiger partial charge in [-0.05, 0) is 49.1 Å². The Labute approximate surface area is 188 Å². The predicted octanol–water partition coefficient (Wildman–Crippen LogP) is 3.68. The van der Waals surface area contributed by atoms with E-state index in [1.807, 2.05) is 12.1 Å². The average Bonchev–Trinajstić information content (AvgIpc) is 3.50. The largest absolute Gasteiger partial charge is 0.435 e. The molecule has 0 radical (unpaired) electrons. The molecule has 1 aromatic carbocycles. The van der Waals surface area contributed by atoms with Gasteiger partial charge in [0.15, 0.2) is 0 Å². The van der Waals surface area contributed by atoms with Crippen LogP contribution < -0.4 is 9.64 Å². The van der Waals surface area contributed by atoms with Gasteiger partial charge in [0.2, 0.25) is 6.41 Å². The number of pyridine rings is 1. The molecule has 33 heavy (non-hydrogen) atoms. The van der Waals surface area contributed by atoms with Crippen LogP contribution in [0.15, 0.2) is 42.7 Å². The molecule has 5 rings (SSSR count). The van der Waals surface area contributed by atoms with Gasteiger partial charge in [0.25, 0.3) is 0 Å². The summed E-state index contributed by atoms with van der Waals surface area (Å²) in [6, 6.07) is 6.90. The first-order chi connectivity index (χ1) is 15.9. The number of carbonyl (C=O) groups excluding carboxylic acids is 1. The fourth-order valence-corrected chi connectivity index (χ4v) is 5.07. The highest BCUT2D eigenvalue weighted by Gasteiger charge is 2.35. The van der Waals surface area contributed by atoms with Crippen LogP contribution in [0.5, 0.6) is 5.75 Å². The van der Waals surface area contributed by atoms with E-state index in [9.17, 15) is 23.1 Å². The summed E-state index contributed by atoms with van der Waals surface area (Å²) in [5, 5.41) is 14.8. The monoisotopic (exact) mass is 460 g/mol. The Morgan fingerprint density at radius 1 is 1.18 bits per heavy atom. The highest BCUT2D eigenvalue weighted by atomic mass is 19.3. The van der Waals surface area contributed by atoms with Crippen LogP contribution >= 0.6 is 0 Å². The molecule has 2 aliphatic rings. The Kier molecular flexibility index (Phi) is 5.61. The minimum atomic E-state index is -3.03. The van der Waals surface area contributed by atoms with Gasteiger partial charge in [0.05, 0.1) is 29.9 Å². The topological polar surface area (TPSA) is 70.3 Å². The van der Waals surface area contributed by atoms with Crippen molar-refractivity contribution in [2.75, 3.05) is 18.0 Å². The van der Waals surface area contributed by atoms with Crippen molar-refractivity contribution in [2.24, 2.45) is 0 Å². The van der Waals surface area contributed by atoms with Gasteiger partial charge in [0, 0.05) is 36.6 Å². The van der Waals surface area contributed by atoms with E-state index in [2.05, 4.69) is 14.7 Å². The number of nitrogens with zero attached hydrogens (tertiary/aromatic N) is 4.